The summed E-state index contributed by atoms with van der Waals surface area (Å²) in [6.07, 6.45) is 0. The fourth-order valence-corrected chi connectivity index (χ4v) is 0. The van der Waals surface area contributed by atoms with Gasteiger partial charge in [-0.25, -0.2) is 0 Å². The monoisotopic (exact) mass is 164 g/mol. The molecule has 0 aromatic carbocycles. The van der Waals surface area contributed by atoms with Gasteiger partial charge in [-0.15, -0.1) is 0 Å². The number of rotatable bonds is 0. The van der Waals surface area contributed by atoms with E-state index in [1.807, 2.05) is 0 Å². The third kappa shape index (κ3) is 9.49. The Morgan fingerprint density at radius 3 is 1.00 bits per heavy atom. The topological polar surface area (TPSA) is 0 Å². The zero-order chi connectivity index (χ0) is 0. The van der Waals surface area contributed by atoms with E-state index in [4.69, 9.17) is 0 Å². The van der Waals surface area contributed by atoms with E-state index in [0.717, 1.165) is 0 Å². The molecule has 0 aliphatic heterocycles. The Balaban J connectivity index is 0. The van der Waals surface area contributed by atoms with Crippen molar-refractivity contribution < 1.29 is 17.1 Å². The van der Waals surface area contributed by atoms with Crippen LogP contribution in [0.1, 0.15) is 0 Å². The first kappa shape index (κ1) is 24.1. The zero-order valence-corrected chi connectivity index (χ0v) is 1.46. The van der Waals surface area contributed by atoms with E-state index in [-0.39, 0.29) is 129 Å². The first-order valence-corrected chi connectivity index (χ1v) is 0. The van der Waals surface area contributed by atoms with Crippen LogP contribution in [-0.4, -0.2) is 112 Å². The van der Waals surface area contributed by atoms with Crippen LogP contribution in [-0.2, 0) is 17.1 Å². The molecule has 4 heteroatoms. The molecule has 0 bridgehead atoms. The van der Waals surface area contributed by atoms with Gasteiger partial charge in [-0.05, 0) is 0 Å². The van der Waals surface area contributed by atoms with Gasteiger partial charge in [-0.2, -0.15) is 0 Å². The maximum Gasteiger partial charge on any atom is 0.316 e. The minimum Gasteiger partial charge on any atom is 0.316 e. The van der Waals surface area contributed by atoms with E-state index in [1.54, 1.807) is 0 Å². The summed E-state index contributed by atoms with van der Waals surface area (Å²) >= 11 is 0. The van der Waals surface area contributed by atoms with E-state index in [0.29, 0.717) is 0 Å². The number of hydrogen-bond donors (Lipinski definition) is 0. The Morgan fingerprint density at radius 2 is 1.00 bits per heavy atom. The maximum atomic E-state index is 0. The van der Waals surface area contributed by atoms with Gasteiger partial charge in [0.05, 0.1) is 0 Å². The van der Waals surface area contributed by atoms with Crippen LogP contribution in [0.25, 0.3) is 0 Å². The van der Waals surface area contributed by atoms with Crippen molar-refractivity contribution in [2.75, 3.05) is 0 Å². The standard InChI is InChI=1S/Ca.Fe.K.Mg.5H. The van der Waals surface area contributed by atoms with Crippen molar-refractivity contribution in [1.29, 1.82) is 0 Å². The molecule has 0 spiro atoms. The van der Waals surface area contributed by atoms with Gasteiger partial charge in [0.15, 0.2) is 0 Å². The third-order valence-corrected chi connectivity index (χ3v) is 0. The summed E-state index contributed by atoms with van der Waals surface area (Å²) < 4.78 is 0. The summed E-state index contributed by atoms with van der Waals surface area (Å²) in [5.41, 5.74) is 0. The van der Waals surface area contributed by atoms with Crippen molar-refractivity contribution >= 4 is 112 Å². The van der Waals surface area contributed by atoms with Crippen LogP contribution in [0.15, 0.2) is 0 Å². The molecule has 4 heavy (non-hydrogen) atoms. The SMILES string of the molecule is [CaH2].[Fe].[KH].[MgH2]. The third-order valence-electron chi connectivity index (χ3n) is 0. The molecule has 0 amide bonds. The maximum absolute atomic E-state index is 0. The second-order valence-corrected chi connectivity index (χ2v) is 0. The average Bonchev–Trinajstić information content (AvgIpc) is 0. The van der Waals surface area contributed by atoms with Gasteiger partial charge in [-0.1, -0.05) is 0 Å². The Bertz CT molecular complexity index is 8.00. The van der Waals surface area contributed by atoms with E-state index >= 15 is 0 Å². The van der Waals surface area contributed by atoms with Crippen LogP contribution in [0.3, 0.4) is 0 Å². The van der Waals surface area contributed by atoms with Crippen LogP contribution in [0.5, 0.6) is 0 Å². The summed E-state index contributed by atoms with van der Waals surface area (Å²) in [6, 6.07) is 0. The van der Waals surface area contributed by atoms with Crippen LogP contribution >= 0.6 is 0 Å². The van der Waals surface area contributed by atoms with Crippen LogP contribution in [0.2, 0.25) is 0 Å². The summed E-state index contributed by atoms with van der Waals surface area (Å²) in [6.45, 7) is 0. The van der Waals surface area contributed by atoms with E-state index < -0.39 is 0 Å². The second-order valence-electron chi connectivity index (χ2n) is 0. The average molecular weight is 164 g/mol. The van der Waals surface area contributed by atoms with E-state index in [2.05, 4.69) is 0 Å². The number of hydrogen-bond acceptors (Lipinski definition) is 0. The molecule has 0 atom stereocenters. The molecule has 0 aliphatic carbocycles. The summed E-state index contributed by atoms with van der Waals surface area (Å²) in [7, 11) is 0. The van der Waals surface area contributed by atoms with E-state index in [1.165, 1.54) is 0 Å². The minimum absolute atomic E-state index is 0. The minimum atomic E-state index is 0. The predicted molar refractivity (Wildman–Crippen MR) is 24.2 cm³/mol. The van der Waals surface area contributed by atoms with Gasteiger partial charge in [-0.3, -0.25) is 0 Å². The fourth-order valence-electron chi connectivity index (χ4n) is 0. The Labute approximate surface area is 125 Å². The second kappa shape index (κ2) is 15.7. The van der Waals surface area contributed by atoms with Gasteiger partial charge < -0.3 is 0 Å². The molecule has 0 aromatic rings. The molecular weight excluding hydrogens is 159 g/mol. The van der Waals surface area contributed by atoms with Gasteiger partial charge in [0.2, 0.25) is 0 Å². The normalized spacial score (nSPS) is 0. The van der Waals surface area contributed by atoms with Crippen molar-refractivity contribution in [1.82, 2.24) is 0 Å². The Hall–Kier alpha value is 4.18. The fraction of sp³-hybridized carbons (Fsp3) is 0. The molecule has 0 nitrogen and oxygen atoms in total. The molecular formula is H5CaFeKMg. The quantitative estimate of drug-likeness (QED) is 0.348. The largest absolute Gasteiger partial charge is 0.316 e. The smallest absolute Gasteiger partial charge is 0.316 e. The van der Waals surface area contributed by atoms with Crippen LogP contribution in [0, 0.1) is 0 Å². The van der Waals surface area contributed by atoms with Gasteiger partial charge in [0.25, 0.3) is 0 Å². The summed E-state index contributed by atoms with van der Waals surface area (Å²) in [5.74, 6) is 0. The summed E-state index contributed by atoms with van der Waals surface area (Å²) in [4.78, 5) is 0. The summed E-state index contributed by atoms with van der Waals surface area (Å²) in [5, 5.41) is 0. The van der Waals surface area contributed by atoms with E-state index in [9.17, 15) is 0 Å². The van der Waals surface area contributed by atoms with Crippen molar-refractivity contribution in [2.24, 2.45) is 0 Å². The molecule has 0 saturated heterocycles. The molecule has 0 rings (SSSR count). The molecule has 0 N–H and O–H groups in total. The van der Waals surface area contributed by atoms with Gasteiger partial charge in [0.1, 0.15) is 0 Å². The first-order chi connectivity index (χ1) is 0. The molecule has 0 unspecified atom stereocenters. The van der Waals surface area contributed by atoms with Gasteiger partial charge >= 0.3 is 112 Å². The molecule has 0 saturated carbocycles. The Morgan fingerprint density at radius 1 is 1.00 bits per heavy atom. The van der Waals surface area contributed by atoms with Crippen molar-refractivity contribution in [2.45, 2.75) is 0 Å². The first-order valence-electron chi connectivity index (χ1n) is 0. The zero-order valence-electron chi connectivity index (χ0n) is 0.354. The Kier molecular flexibility index (Phi) is 94.7. The van der Waals surface area contributed by atoms with Crippen molar-refractivity contribution in [3.05, 3.63) is 0 Å². The van der Waals surface area contributed by atoms with Crippen LogP contribution < -0.4 is 0 Å². The predicted octanol–water partition coefficient (Wildman–Crippen LogP) is -2.48. The molecule has 18 valence electrons. The molecule has 0 heterocycles. The molecule has 0 radical (unpaired) electrons. The van der Waals surface area contributed by atoms with Gasteiger partial charge in [0, 0.05) is 17.1 Å². The molecule has 0 aromatic heterocycles. The molecule has 0 fully saturated rings. The van der Waals surface area contributed by atoms with Crippen molar-refractivity contribution in [3.8, 4) is 0 Å². The van der Waals surface area contributed by atoms with Crippen molar-refractivity contribution in [3.63, 3.8) is 0 Å². The molecule has 0 aliphatic rings. The van der Waals surface area contributed by atoms with Crippen LogP contribution in [0.4, 0.5) is 0 Å².